The van der Waals surface area contributed by atoms with Gasteiger partial charge in [-0.3, -0.25) is 9.63 Å². The van der Waals surface area contributed by atoms with Crippen molar-refractivity contribution < 1.29 is 9.63 Å². The molecule has 0 aromatic heterocycles. The molecule has 0 aliphatic rings. The Hall–Kier alpha value is -2.13. The normalized spacial score (nSPS) is 10.1. The summed E-state index contributed by atoms with van der Waals surface area (Å²) in [6.07, 6.45) is 0.730. The lowest BCUT2D eigenvalue weighted by molar-refractivity contribution is 0.0537. The lowest BCUT2D eigenvalue weighted by atomic mass is 9.99. The van der Waals surface area contributed by atoms with Gasteiger partial charge >= 0.3 is 0 Å². The van der Waals surface area contributed by atoms with Gasteiger partial charge in [-0.2, -0.15) is 0 Å². The molecule has 0 spiro atoms. The summed E-state index contributed by atoms with van der Waals surface area (Å²) in [5.41, 5.74) is 5.15. The van der Waals surface area contributed by atoms with Crippen LogP contribution in [0.3, 0.4) is 0 Å². The van der Waals surface area contributed by atoms with Crippen LogP contribution < -0.4 is 5.48 Å². The number of rotatable bonds is 4. The van der Waals surface area contributed by atoms with Crippen LogP contribution in [0.5, 0.6) is 0 Å². The fourth-order valence-electron chi connectivity index (χ4n) is 1.86. The average molecular weight is 241 g/mol. The van der Waals surface area contributed by atoms with Crippen molar-refractivity contribution in [2.75, 3.05) is 7.11 Å². The Labute approximate surface area is 106 Å². The number of carbonyl (C=O) groups is 1. The van der Waals surface area contributed by atoms with E-state index < -0.39 is 0 Å². The molecule has 1 amide bonds. The van der Waals surface area contributed by atoms with Gasteiger partial charge in [0.25, 0.3) is 5.91 Å². The molecule has 0 atom stereocenters. The summed E-state index contributed by atoms with van der Waals surface area (Å²) >= 11 is 0. The number of hydrogen-bond donors (Lipinski definition) is 1. The van der Waals surface area contributed by atoms with Gasteiger partial charge in [-0.25, -0.2) is 5.48 Å². The molecule has 0 aliphatic carbocycles. The summed E-state index contributed by atoms with van der Waals surface area (Å²) in [7, 11) is 1.43. The molecule has 0 saturated carbocycles. The molecule has 3 heteroatoms. The maximum Gasteiger partial charge on any atom is 0.275 e. The maximum atomic E-state index is 11.8. The number of carbonyl (C=O) groups excluding carboxylic acids is 1. The second-order valence-electron chi connectivity index (χ2n) is 3.95. The quantitative estimate of drug-likeness (QED) is 0.835. The van der Waals surface area contributed by atoms with Crippen molar-refractivity contribution in [3.63, 3.8) is 0 Å². The molecule has 0 saturated heterocycles. The summed E-state index contributed by atoms with van der Waals surface area (Å²) in [5.74, 6) is -0.218. The summed E-state index contributed by atoms with van der Waals surface area (Å²) < 4.78 is 0. The average Bonchev–Trinajstić information content (AvgIpc) is 2.41. The van der Waals surface area contributed by atoms with Crippen LogP contribution >= 0.6 is 0 Å². The van der Waals surface area contributed by atoms with Crippen LogP contribution in [-0.2, 0) is 11.3 Å². The second kappa shape index (κ2) is 5.98. The SMILES string of the molecule is CONC(=O)c1ccccc1Cc1ccccc1. The maximum absolute atomic E-state index is 11.8. The molecule has 18 heavy (non-hydrogen) atoms. The Balaban J connectivity index is 2.25. The molecule has 0 heterocycles. The van der Waals surface area contributed by atoms with Crippen molar-refractivity contribution in [3.05, 3.63) is 71.3 Å². The Bertz CT molecular complexity index is 523. The summed E-state index contributed by atoms with van der Waals surface area (Å²) in [6.45, 7) is 0. The largest absolute Gasteiger partial charge is 0.277 e. The second-order valence-corrected chi connectivity index (χ2v) is 3.95. The molecule has 0 radical (unpaired) electrons. The Morgan fingerprint density at radius 2 is 1.72 bits per heavy atom. The molecular weight excluding hydrogens is 226 g/mol. The molecule has 0 fully saturated rings. The third-order valence-electron chi connectivity index (χ3n) is 2.69. The van der Waals surface area contributed by atoms with E-state index in [1.54, 1.807) is 6.07 Å². The van der Waals surface area contributed by atoms with Crippen LogP contribution in [0, 0.1) is 0 Å². The predicted molar refractivity (Wildman–Crippen MR) is 70.2 cm³/mol. The lowest BCUT2D eigenvalue weighted by Gasteiger charge is -2.08. The van der Waals surface area contributed by atoms with Gasteiger partial charge in [0.05, 0.1) is 7.11 Å². The first kappa shape index (κ1) is 12.3. The van der Waals surface area contributed by atoms with E-state index in [1.807, 2.05) is 48.5 Å². The fourth-order valence-corrected chi connectivity index (χ4v) is 1.86. The smallest absolute Gasteiger partial charge is 0.275 e. The third kappa shape index (κ3) is 2.96. The van der Waals surface area contributed by atoms with Gasteiger partial charge < -0.3 is 0 Å². The van der Waals surface area contributed by atoms with Crippen molar-refractivity contribution in [1.29, 1.82) is 0 Å². The first-order valence-electron chi connectivity index (χ1n) is 5.76. The summed E-state index contributed by atoms with van der Waals surface area (Å²) in [6, 6.07) is 17.6. The highest BCUT2D eigenvalue weighted by Gasteiger charge is 2.10. The van der Waals surface area contributed by atoms with Crippen LogP contribution in [0.1, 0.15) is 21.5 Å². The van der Waals surface area contributed by atoms with Gasteiger partial charge in [0, 0.05) is 5.56 Å². The van der Waals surface area contributed by atoms with E-state index in [0.29, 0.717) is 5.56 Å². The van der Waals surface area contributed by atoms with E-state index in [-0.39, 0.29) is 5.91 Å². The van der Waals surface area contributed by atoms with Crippen molar-refractivity contribution >= 4 is 5.91 Å². The molecule has 2 aromatic rings. The molecular formula is C15H15NO2. The van der Waals surface area contributed by atoms with Crippen molar-refractivity contribution in [2.24, 2.45) is 0 Å². The molecule has 92 valence electrons. The minimum absolute atomic E-state index is 0.218. The molecule has 0 aliphatic heterocycles. The van der Waals surface area contributed by atoms with Gasteiger partial charge in [0.15, 0.2) is 0 Å². The molecule has 2 rings (SSSR count). The molecule has 3 nitrogen and oxygen atoms in total. The standard InChI is InChI=1S/C15H15NO2/c1-18-16-15(17)14-10-6-5-9-13(14)11-12-7-3-2-4-8-12/h2-10H,11H2,1H3,(H,16,17). The zero-order valence-corrected chi connectivity index (χ0v) is 10.2. The zero-order chi connectivity index (χ0) is 12.8. The van der Waals surface area contributed by atoms with E-state index in [1.165, 1.54) is 12.7 Å². The highest BCUT2D eigenvalue weighted by molar-refractivity contribution is 5.95. The van der Waals surface area contributed by atoms with E-state index in [4.69, 9.17) is 0 Å². The zero-order valence-electron chi connectivity index (χ0n) is 10.2. The topological polar surface area (TPSA) is 38.3 Å². The van der Waals surface area contributed by atoms with Gasteiger partial charge in [-0.1, -0.05) is 48.5 Å². The van der Waals surface area contributed by atoms with Gasteiger partial charge in [-0.05, 0) is 23.6 Å². The molecule has 2 aromatic carbocycles. The minimum Gasteiger partial charge on any atom is -0.277 e. The summed E-state index contributed by atoms with van der Waals surface area (Å²) in [5, 5.41) is 0. The number of benzene rings is 2. The van der Waals surface area contributed by atoms with Crippen molar-refractivity contribution in [1.82, 2.24) is 5.48 Å². The van der Waals surface area contributed by atoms with Crippen LogP contribution in [-0.4, -0.2) is 13.0 Å². The number of amides is 1. The van der Waals surface area contributed by atoms with Crippen LogP contribution in [0.4, 0.5) is 0 Å². The lowest BCUT2D eigenvalue weighted by Crippen LogP contribution is -2.23. The Kier molecular flexibility index (Phi) is 4.10. The van der Waals surface area contributed by atoms with Crippen LogP contribution in [0.2, 0.25) is 0 Å². The first-order chi connectivity index (χ1) is 8.81. The van der Waals surface area contributed by atoms with Crippen LogP contribution in [0.15, 0.2) is 54.6 Å². The number of nitrogens with one attached hydrogen (secondary N) is 1. The molecule has 0 bridgehead atoms. The van der Waals surface area contributed by atoms with Gasteiger partial charge in [-0.15, -0.1) is 0 Å². The molecule has 1 N–H and O–H groups in total. The summed E-state index contributed by atoms with van der Waals surface area (Å²) in [4.78, 5) is 16.5. The van der Waals surface area contributed by atoms with Crippen molar-refractivity contribution in [3.8, 4) is 0 Å². The monoisotopic (exact) mass is 241 g/mol. The van der Waals surface area contributed by atoms with E-state index in [0.717, 1.165) is 12.0 Å². The van der Waals surface area contributed by atoms with E-state index in [9.17, 15) is 4.79 Å². The third-order valence-corrected chi connectivity index (χ3v) is 2.69. The molecule has 0 unspecified atom stereocenters. The van der Waals surface area contributed by atoms with Gasteiger partial charge in [0.2, 0.25) is 0 Å². The Morgan fingerprint density at radius 3 is 2.44 bits per heavy atom. The Morgan fingerprint density at radius 1 is 1.06 bits per heavy atom. The number of hydrogen-bond acceptors (Lipinski definition) is 2. The van der Waals surface area contributed by atoms with Gasteiger partial charge in [0.1, 0.15) is 0 Å². The van der Waals surface area contributed by atoms with Crippen molar-refractivity contribution in [2.45, 2.75) is 6.42 Å². The highest BCUT2D eigenvalue weighted by atomic mass is 16.6. The fraction of sp³-hybridized carbons (Fsp3) is 0.133. The first-order valence-corrected chi connectivity index (χ1v) is 5.76. The van der Waals surface area contributed by atoms with Crippen LogP contribution in [0.25, 0.3) is 0 Å². The number of hydroxylamine groups is 1. The van der Waals surface area contributed by atoms with E-state index >= 15 is 0 Å². The predicted octanol–water partition coefficient (Wildman–Crippen LogP) is 2.57. The highest BCUT2D eigenvalue weighted by Crippen LogP contribution is 2.14. The minimum atomic E-state index is -0.218. The van der Waals surface area contributed by atoms with E-state index in [2.05, 4.69) is 10.3 Å².